The molecule has 13 nitrogen and oxygen atoms in total. The number of rotatable bonds is 7. The molecule has 1 heterocycles. The Morgan fingerprint density at radius 1 is 0.837 bits per heavy atom. The van der Waals surface area contributed by atoms with Crippen LogP contribution in [0.2, 0.25) is 0 Å². The van der Waals surface area contributed by atoms with Gasteiger partial charge in [0.1, 0.15) is 5.75 Å². The summed E-state index contributed by atoms with van der Waals surface area (Å²) in [6.07, 6.45) is 2.18. The van der Waals surface area contributed by atoms with E-state index < -0.39 is 32.1 Å². The van der Waals surface area contributed by atoms with Crippen LogP contribution < -0.4 is 10.6 Å². The Balaban J connectivity index is 0.000000559. The maximum absolute atomic E-state index is 13.0. The van der Waals surface area contributed by atoms with Crippen molar-refractivity contribution in [1.29, 1.82) is 0 Å². The molecule has 0 bridgehead atoms. The van der Waals surface area contributed by atoms with Gasteiger partial charge in [-0.15, -0.1) is 0 Å². The Hall–Kier alpha value is -3.86. The van der Waals surface area contributed by atoms with Gasteiger partial charge in [0.15, 0.2) is 0 Å². The Labute approximate surface area is 250 Å². The van der Waals surface area contributed by atoms with Crippen molar-refractivity contribution in [2.45, 2.75) is 6.42 Å². The number of amides is 1. The molecule has 234 valence electrons. The Morgan fingerprint density at radius 2 is 1.42 bits per heavy atom. The zero-order chi connectivity index (χ0) is 32.2. The molecule has 3 aromatic carbocycles. The fourth-order valence-corrected chi connectivity index (χ4v) is 3.98. The number of carbonyl (C=O) groups is 2. The molecule has 6 N–H and O–H groups in total. The van der Waals surface area contributed by atoms with Crippen molar-refractivity contribution >= 4 is 37.8 Å². The number of anilines is 1. The van der Waals surface area contributed by atoms with Crippen LogP contribution in [-0.2, 0) is 26.7 Å². The van der Waals surface area contributed by atoms with Crippen LogP contribution in [0.3, 0.4) is 0 Å². The van der Waals surface area contributed by atoms with Crippen molar-refractivity contribution in [1.82, 2.24) is 10.2 Å². The summed E-state index contributed by atoms with van der Waals surface area (Å²) < 4.78 is 51.7. The predicted molar refractivity (Wildman–Crippen MR) is 163 cm³/mol. The van der Waals surface area contributed by atoms with Crippen LogP contribution >= 0.6 is 0 Å². The van der Waals surface area contributed by atoms with Gasteiger partial charge in [-0.05, 0) is 47.4 Å². The van der Waals surface area contributed by atoms with E-state index in [-0.39, 0.29) is 22.6 Å². The average molecular weight is 638 g/mol. The molecule has 0 atom stereocenters. The Morgan fingerprint density at radius 3 is 1.98 bits per heavy atom. The van der Waals surface area contributed by atoms with Crippen molar-refractivity contribution in [2.75, 3.05) is 50.6 Å². The second-order valence-electron chi connectivity index (χ2n) is 9.54. The molecule has 0 aliphatic carbocycles. The summed E-state index contributed by atoms with van der Waals surface area (Å²) in [5.74, 6) is -1.84. The van der Waals surface area contributed by atoms with E-state index in [2.05, 4.69) is 15.5 Å². The van der Waals surface area contributed by atoms with Crippen molar-refractivity contribution in [3.8, 4) is 16.9 Å². The Bertz CT molecular complexity index is 1560. The van der Waals surface area contributed by atoms with E-state index in [1.165, 1.54) is 12.1 Å². The van der Waals surface area contributed by atoms with Crippen LogP contribution in [0.15, 0.2) is 66.7 Å². The highest BCUT2D eigenvalue weighted by molar-refractivity contribution is 7.85. The first kappa shape index (κ1) is 35.3. The highest BCUT2D eigenvalue weighted by atomic mass is 32.2. The SMILES string of the molecule is CS(=O)(=O)O.CS(=O)(=O)O.O=C(Nc1cc(-c2ccccc2)ccc1C(=O)O)c1cc(CCN2CCNCC2)ccc1O. The third kappa shape index (κ3) is 14.2. The van der Waals surface area contributed by atoms with Gasteiger partial charge in [0.25, 0.3) is 26.1 Å². The number of carbonyl (C=O) groups excluding carboxylic acids is 1. The van der Waals surface area contributed by atoms with Crippen molar-refractivity contribution in [3.05, 3.63) is 83.4 Å². The first-order chi connectivity index (χ1) is 20.0. The zero-order valence-corrected chi connectivity index (χ0v) is 25.2. The fourth-order valence-electron chi connectivity index (χ4n) is 3.98. The number of benzene rings is 3. The van der Waals surface area contributed by atoms with E-state index in [4.69, 9.17) is 9.11 Å². The first-order valence-corrected chi connectivity index (χ1v) is 16.5. The minimum Gasteiger partial charge on any atom is -0.507 e. The molecule has 0 radical (unpaired) electrons. The van der Waals surface area contributed by atoms with Crippen LogP contribution in [0.25, 0.3) is 11.1 Å². The molecule has 1 aliphatic heterocycles. The minimum atomic E-state index is -3.67. The molecule has 0 saturated carbocycles. The molecule has 0 unspecified atom stereocenters. The fraction of sp³-hybridized carbons (Fsp3) is 0.286. The van der Waals surface area contributed by atoms with Gasteiger partial charge in [0, 0.05) is 32.7 Å². The predicted octanol–water partition coefficient (Wildman–Crippen LogP) is 2.47. The molecule has 1 fully saturated rings. The number of aromatic carboxylic acids is 1. The van der Waals surface area contributed by atoms with E-state index in [9.17, 15) is 36.6 Å². The van der Waals surface area contributed by atoms with Crippen LogP contribution in [0.5, 0.6) is 5.75 Å². The second-order valence-corrected chi connectivity index (χ2v) is 12.5. The number of phenolic OH excluding ortho intramolecular Hbond substituents is 1. The topological polar surface area (TPSA) is 211 Å². The van der Waals surface area contributed by atoms with Crippen LogP contribution in [-0.4, -0.2) is 98.2 Å². The number of hydrogen-bond acceptors (Lipinski definition) is 9. The molecule has 1 aliphatic rings. The summed E-state index contributed by atoms with van der Waals surface area (Å²) in [6.45, 7) is 4.78. The second kappa shape index (κ2) is 16.1. The van der Waals surface area contributed by atoms with Gasteiger partial charge in [0.05, 0.1) is 29.3 Å². The van der Waals surface area contributed by atoms with Crippen LogP contribution in [0, 0.1) is 0 Å². The maximum atomic E-state index is 13.0. The summed E-state index contributed by atoms with van der Waals surface area (Å²) in [4.78, 5) is 27.1. The normalized spacial score (nSPS) is 13.5. The van der Waals surface area contributed by atoms with E-state index in [0.29, 0.717) is 12.5 Å². The van der Waals surface area contributed by atoms with E-state index >= 15 is 0 Å². The lowest BCUT2D eigenvalue weighted by Gasteiger charge is -2.27. The van der Waals surface area contributed by atoms with Crippen LogP contribution in [0.4, 0.5) is 5.69 Å². The molecule has 3 aromatic rings. The van der Waals surface area contributed by atoms with E-state index in [1.54, 1.807) is 18.2 Å². The molecular weight excluding hydrogens is 602 g/mol. The van der Waals surface area contributed by atoms with E-state index in [1.807, 2.05) is 36.4 Å². The minimum absolute atomic E-state index is 0.0163. The van der Waals surface area contributed by atoms with Gasteiger partial charge in [-0.1, -0.05) is 42.5 Å². The third-order valence-corrected chi connectivity index (χ3v) is 5.84. The van der Waals surface area contributed by atoms with Gasteiger partial charge in [-0.3, -0.25) is 13.9 Å². The number of aromatic hydroxyl groups is 1. The summed E-state index contributed by atoms with van der Waals surface area (Å²) >= 11 is 0. The molecule has 1 saturated heterocycles. The summed E-state index contributed by atoms with van der Waals surface area (Å²) in [5.41, 5.74) is 2.91. The standard InChI is InChI=1S/C26H27N3O4.2CH4O3S/c30-24-9-6-18(10-13-29-14-11-27-12-15-29)16-22(24)25(31)28-23-17-20(7-8-21(23)26(32)33)19-4-2-1-3-5-19;2*1-5(2,3)4/h1-9,16-17,27,30H,10-15H2,(H,28,31)(H,32,33);2*1H3,(H,2,3,4). The quantitative estimate of drug-likeness (QED) is 0.206. The summed E-state index contributed by atoms with van der Waals surface area (Å²) in [6, 6.07) is 19.3. The van der Waals surface area contributed by atoms with Crippen molar-refractivity contribution < 1.29 is 45.7 Å². The third-order valence-electron chi connectivity index (χ3n) is 5.84. The number of carboxylic acid groups (broad SMARTS) is 1. The monoisotopic (exact) mass is 637 g/mol. The lowest BCUT2D eigenvalue weighted by molar-refractivity contribution is 0.0698. The number of carboxylic acids is 1. The largest absolute Gasteiger partial charge is 0.507 e. The molecule has 43 heavy (non-hydrogen) atoms. The van der Waals surface area contributed by atoms with Gasteiger partial charge >= 0.3 is 5.97 Å². The van der Waals surface area contributed by atoms with E-state index in [0.717, 1.165) is 55.8 Å². The smallest absolute Gasteiger partial charge is 0.337 e. The molecule has 15 heteroatoms. The number of phenols is 1. The number of nitrogens with one attached hydrogen (secondary N) is 2. The molecule has 0 spiro atoms. The summed E-state index contributed by atoms with van der Waals surface area (Å²) in [5, 5.41) is 25.9. The van der Waals surface area contributed by atoms with Gasteiger partial charge in [0.2, 0.25) is 0 Å². The number of nitrogens with zero attached hydrogens (tertiary/aromatic N) is 1. The van der Waals surface area contributed by atoms with Gasteiger partial charge in [-0.25, -0.2) is 4.79 Å². The first-order valence-electron chi connectivity index (χ1n) is 12.8. The van der Waals surface area contributed by atoms with Crippen molar-refractivity contribution in [3.63, 3.8) is 0 Å². The summed E-state index contributed by atoms with van der Waals surface area (Å²) in [7, 11) is -7.33. The van der Waals surface area contributed by atoms with Crippen LogP contribution in [0.1, 0.15) is 26.3 Å². The molecule has 0 aromatic heterocycles. The highest BCUT2D eigenvalue weighted by Crippen LogP contribution is 2.27. The zero-order valence-electron chi connectivity index (χ0n) is 23.6. The molecule has 1 amide bonds. The molecular formula is C28H35N3O10S2. The number of hydrogen-bond donors (Lipinski definition) is 6. The highest BCUT2D eigenvalue weighted by Gasteiger charge is 2.18. The number of piperazine rings is 1. The van der Waals surface area contributed by atoms with Gasteiger partial charge in [-0.2, -0.15) is 16.8 Å². The molecule has 4 rings (SSSR count). The lowest BCUT2D eigenvalue weighted by Crippen LogP contribution is -2.44. The maximum Gasteiger partial charge on any atom is 0.337 e. The van der Waals surface area contributed by atoms with Crippen molar-refractivity contribution in [2.24, 2.45) is 0 Å². The lowest BCUT2D eigenvalue weighted by atomic mass is 10.0. The Kier molecular flexibility index (Phi) is 13.2. The van der Waals surface area contributed by atoms with Gasteiger partial charge < -0.3 is 25.7 Å². The average Bonchev–Trinajstić information content (AvgIpc) is 2.91.